The zero-order valence-electron chi connectivity index (χ0n) is 18.2. The molecular weight excluding hydrogens is 388 g/mol. The Hall–Kier alpha value is -3.60. The maximum Gasteiger partial charge on any atom is 0.247 e. The number of rotatable bonds is 9. The molecule has 0 aromatic heterocycles. The molecule has 1 atom stereocenters. The third-order valence-corrected chi connectivity index (χ3v) is 5.08. The van der Waals surface area contributed by atoms with Gasteiger partial charge in [-0.05, 0) is 60.7 Å². The molecule has 3 aromatic carbocycles. The SMILES string of the molecule is CCOc1cc(/C=N/NC(=O)C(Cc2ccccc2C)c2ccccc2)ccc1OC. The molecule has 0 radical (unpaired) electrons. The molecule has 3 rings (SSSR count). The van der Waals surface area contributed by atoms with Crippen LogP contribution >= 0.6 is 0 Å². The minimum absolute atomic E-state index is 0.149. The third kappa shape index (κ3) is 5.95. The Morgan fingerprint density at radius 2 is 1.77 bits per heavy atom. The summed E-state index contributed by atoms with van der Waals surface area (Å²) >= 11 is 0. The number of methoxy groups -OCH3 is 1. The molecule has 0 saturated heterocycles. The first-order valence-corrected chi connectivity index (χ1v) is 10.4. The number of hydrogen-bond acceptors (Lipinski definition) is 4. The van der Waals surface area contributed by atoms with Crippen molar-refractivity contribution in [1.82, 2.24) is 5.43 Å². The Bertz CT molecular complexity index is 1030. The maximum absolute atomic E-state index is 13.0. The average Bonchev–Trinajstić information content (AvgIpc) is 2.79. The second-order valence-corrected chi connectivity index (χ2v) is 7.17. The smallest absolute Gasteiger partial charge is 0.247 e. The third-order valence-electron chi connectivity index (χ3n) is 5.08. The molecule has 0 aliphatic carbocycles. The molecule has 1 N–H and O–H groups in total. The van der Waals surface area contributed by atoms with Gasteiger partial charge in [-0.25, -0.2) is 5.43 Å². The van der Waals surface area contributed by atoms with Gasteiger partial charge in [0.05, 0.1) is 25.8 Å². The number of nitrogens with zero attached hydrogens (tertiary/aromatic N) is 1. The first kappa shape index (κ1) is 22.1. The fourth-order valence-electron chi connectivity index (χ4n) is 3.40. The van der Waals surface area contributed by atoms with Gasteiger partial charge in [-0.2, -0.15) is 5.10 Å². The lowest BCUT2D eigenvalue weighted by atomic mass is 9.90. The Morgan fingerprint density at radius 3 is 2.48 bits per heavy atom. The summed E-state index contributed by atoms with van der Waals surface area (Å²) in [6.07, 6.45) is 2.21. The van der Waals surface area contributed by atoms with Crippen LogP contribution in [-0.2, 0) is 11.2 Å². The number of carbonyl (C=O) groups is 1. The van der Waals surface area contributed by atoms with Crippen LogP contribution in [0.15, 0.2) is 77.9 Å². The molecule has 0 spiro atoms. The van der Waals surface area contributed by atoms with E-state index in [1.807, 2.05) is 67.6 Å². The molecule has 1 amide bonds. The van der Waals surface area contributed by atoms with Gasteiger partial charge in [0.2, 0.25) is 5.91 Å². The molecular formula is C26H28N2O3. The van der Waals surface area contributed by atoms with Crippen LogP contribution in [0.2, 0.25) is 0 Å². The first-order chi connectivity index (χ1) is 15.1. The van der Waals surface area contributed by atoms with Crippen molar-refractivity contribution in [2.75, 3.05) is 13.7 Å². The van der Waals surface area contributed by atoms with Gasteiger partial charge >= 0.3 is 0 Å². The van der Waals surface area contributed by atoms with E-state index >= 15 is 0 Å². The number of nitrogens with one attached hydrogen (secondary N) is 1. The molecule has 0 aliphatic heterocycles. The number of amides is 1. The molecule has 0 fully saturated rings. The minimum atomic E-state index is -0.339. The van der Waals surface area contributed by atoms with E-state index in [4.69, 9.17) is 9.47 Å². The van der Waals surface area contributed by atoms with Crippen molar-refractivity contribution < 1.29 is 14.3 Å². The highest BCUT2D eigenvalue weighted by molar-refractivity contribution is 5.86. The number of hydrogen-bond donors (Lipinski definition) is 1. The quantitative estimate of drug-likeness (QED) is 0.400. The van der Waals surface area contributed by atoms with Gasteiger partial charge in [-0.3, -0.25) is 4.79 Å². The second kappa shape index (κ2) is 11.0. The summed E-state index contributed by atoms with van der Waals surface area (Å²) in [7, 11) is 1.60. The van der Waals surface area contributed by atoms with Crippen molar-refractivity contribution in [1.29, 1.82) is 0 Å². The molecule has 5 heteroatoms. The zero-order chi connectivity index (χ0) is 22.1. The normalized spacial score (nSPS) is 11.8. The number of aryl methyl sites for hydroxylation is 1. The zero-order valence-corrected chi connectivity index (χ0v) is 18.2. The van der Waals surface area contributed by atoms with Gasteiger partial charge in [0.1, 0.15) is 0 Å². The van der Waals surface area contributed by atoms with Crippen molar-refractivity contribution in [2.24, 2.45) is 5.10 Å². The van der Waals surface area contributed by atoms with Gasteiger partial charge in [0, 0.05) is 0 Å². The van der Waals surface area contributed by atoms with E-state index in [0.717, 1.165) is 16.7 Å². The molecule has 160 valence electrons. The number of hydrazone groups is 1. The molecule has 0 aliphatic rings. The summed E-state index contributed by atoms with van der Waals surface area (Å²) in [6, 6.07) is 23.4. The van der Waals surface area contributed by atoms with E-state index in [-0.39, 0.29) is 11.8 Å². The van der Waals surface area contributed by atoms with Crippen molar-refractivity contribution in [2.45, 2.75) is 26.2 Å². The highest BCUT2D eigenvalue weighted by Crippen LogP contribution is 2.27. The standard InChI is InChI=1S/C26H28N2O3/c1-4-31-25-16-20(14-15-24(25)30-3)18-27-28-26(29)23(21-11-6-5-7-12-21)17-22-13-9-8-10-19(22)2/h5-16,18,23H,4,17H2,1-3H3,(H,28,29)/b27-18+. The van der Waals surface area contributed by atoms with Crippen LogP contribution in [0.5, 0.6) is 11.5 Å². The van der Waals surface area contributed by atoms with Crippen LogP contribution in [-0.4, -0.2) is 25.8 Å². The van der Waals surface area contributed by atoms with Crippen molar-refractivity contribution in [3.63, 3.8) is 0 Å². The summed E-state index contributed by atoms with van der Waals surface area (Å²) in [6.45, 7) is 4.51. The fraction of sp³-hybridized carbons (Fsp3) is 0.231. The molecule has 5 nitrogen and oxygen atoms in total. The minimum Gasteiger partial charge on any atom is -0.493 e. The lowest BCUT2D eigenvalue weighted by Crippen LogP contribution is -2.27. The summed E-state index contributed by atoms with van der Waals surface area (Å²) in [5.41, 5.74) is 6.79. The lowest BCUT2D eigenvalue weighted by molar-refractivity contribution is -0.122. The van der Waals surface area contributed by atoms with Crippen LogP contribution in [0.4, 0.5) is 0 Å². The molecule has 3 aromatic rings. The molecule has 31 heavy (non-hydrogen) atoms. The number of benzene rings is 3. The summed E-state index contributed by atoms with van der Waals surface area (Å²) in [5.74, 6) is 0.811. The lowest BCUT2D eigenvalue weighted by Gasteiger charge is -2.17. The number of ether oxygens (including phenoxy) is 2. The average molecular weight is 417 g/mol. The molecule has 0 bridgehead atoms. The summed E-state index contributed by atoms with van der Waals surface area (Å²) < 4.78 is 10.9. The van der Waals surface area contributed by atoms with E-state index in [0.29, 0.717) is 24.5 Å². The van der Waals surface area contributed by atoms with E-state index in [2.05, 4.69) is 29.6 Å². The predicted molar refractivity (Wildman–Crippen MR) is 124 cm³/mol. The molecule has 0 heterocycles. The van der Waals surface area contributed by atoms with E-state index in [1.165, 1.54) is 5.56 Å². The maximum atomic E-state index is 13.0. The van der Waals surface area contributed by atoms with Crippen LogP contribution in [0, 0.1) is 6.92 Å². The van der Waals surface area contributed by atoms with Crippen molar-refractivity contribution in [3.8, 4) is 11.5 Å². The monoisotopic (exact) mass is 416 g/mol. The van der Waals surface area contributed by atoms with Crippen LogP contribution in [0.3, 0.4) is 0 Å². The largest absolute Gasteiger partial charge is 0.493 e. The van der Waals surface area contributed by atoms with Crippen molar-refractivity contribution in [3.05, 3.63) is 95.1 Å². The van der Waals surface area contributed by atoms with E-state index < -0.39 is 0 Å². The summed E-state index contributed by atoms with van der Waals surface area (Å²) in [4.78, 5) is 13.0. The first-order valence-electron chi connectivity index (χ1n) is 10.4. The Kier molecular flexibility index (Phi) is 7.82. The van der Waals surface area contributed by atoms with E-state index in [9.17, 15) is 4.79 Å². The van der Waals surface area contributed by atoms with Gasteiger partial charge in [-0.1, -0.05) is 54.6 Å². The van der Waals surface area contributed by atoms with Gasteiger partial charge in [0.15, 0.2) is 11.5 Å². The van der Waals surface area contributed by atoms with Gasteiger partial charge in [0.25, 0.3) is 0 Å². The summed E-state index contributed by atoms with van der Waals surface area (Å²) in [5, 5.41) is 4.19. The number of carbonyl (C=O) groups excluding carboxylic acids is 1. The fourth-order valence-corrected chi connectivity index (χ4v) is 3.40. The van der Waals surface area contributed by atoms with Crippen LogP contribution in [0.25, 0.3) is 0 Å². The van der Waals surface area contributed by atoms with Crippen LogP contribution in [0.1, 0.15) is 35.1 Å². The Balaban J connectivity index is 1.76. The molecule has 1 unspecified atom stereocenters. The highest BCUT2D eigenvalue weighted by atomic mass is 16.5. The predicted octanol–water partition coefficient (Wildman–Crippen LogP) is 4.88. The van der Waals surface area contributed by atoms with Crippen LogP contribution < -0.4 is 14.9 Å². The second-order valence-electron chi connectivity index (χ2n) is 7.17. The van der Waals surface area contributed by atoms with Crippen molar-refractivity contribution >= 4 is 12.1 Å². The topological polar surface area (TPSA) is 59.9 Å². The Labute approximate surface area is 183 Å². The highest BCUT2D eigenvalue weighted by Gasteiger charge is 2.21. The van der Waals surface area contributed by atoms with Gasteiger partial charge in [-0.15, -0.1) is 0 Å². The Morgan fingerprint density at radius 1 is 1.03 bits per heavy atom. The van der Waals surface area contributed by atoms with E-state index in [1.54, 1.807) is 13.3 Å². The molecule has 0 saturated carbocycles. The van der Waals surface area contributed by atoms with Gasteiger partial charge < -0.3 is 9.47 Å².